The van der Waals surface area contributed by atoms with Crippen molar-refractivity contribution in [1.29, 1.82) is 0 Å². The summed E-state index contributed by atoms with van der Waals surface area (Å²) in [7, 11) is 0. The number of hydrogen-bond acceptors (Lipinski definition) is 4. The fourth-order valence-electron chi connectivity index (χ4n) is 2.08. The largest absolute Gasteiger partial charge is 0.335 e. The molecule has 0 saturated carbocycles. The molecule has 0 amide bonds. The summed E-state index contributed by atoms with van der Waals surface area (Å²) in [5.74, 6) is 0.730. The smallest absolute Gasteiger partial charge is 0.181 e. The van der Waals surface area contributed by atoms with Crippen molar-refractivity contribution in [3.8, 4) is 17.1 Å². The monoisotopic (exact) mass is 340 g/mol. The average molecular weight is 341 g/mol. The molecule has 0 unspecified atom stereocenters. The van der Waals surface area contributed by atoms with Crippen LogP contribution in [0.3, 0.4) is 0 Å². The Hall–Kier alpha value is -2.54. The standard InChI is InChI=1S/C14H9BrN6/c15-10-1-3-11(4-2-10)21-7-9(5-18-21)13-19-12-6-16-8-17-14(12)20-13/h1-8H,(H,16,17,19,20). The number of aromatic amines is 1. The number of hydrogen-bond donors (Lipinski definition) is 1. The summed E-state index contributed by atoms with van der Waals surface area (Å²) in [6.07, 6.45) is 6.89. The van der Waals surface area contributed by atoms with E-state index in [1.54, 1.807) is 17.1 Å². The van der Waals surface area contributed by atoms with Gasteiger partial charge in [0.05, 0.1) is 23.6 Å². The second-order valence-corrected chi connectivity index (χ2v) is 5.41. The van der Waals surface area contributed by atoms with Crippen molar-refractivity contribution in [2.45, 2.75) is 0 Å². The molecule has 7 heteroatoms. The van der Waals surface area contributed by atoms with Gasteiger partial charge < -0.3 is 4.98 Å². The van der Waals surface area contributed by atoms with Gasteiger partial charge in [0.1, 0.15) is 17.7 Å². The highest BCUT2D eigenvalue weighted by molar-refractivity contribution is 9.10. The zero-order valence-electron chi connectivity index (χ0n) is 10.7. The van der Waals surface area contributed by atoms with Gasteiger partial charge in [-0.25, -0.2) is 19.6 Å². The lowest BCUT2D eigenvalue weighted by molar-refractivity contribution is 0.880. The third-order valence-electron chi connectivity index (χ3n) is 3.11. The van der Waals surface area contributed by atoms with Crippen molar-refractivity contribution in [2.24, 2.45) is 0 Å². The topological polar surface area (TPSA) is 72.3 Å². The second-order valence-electron chi connectivity index (χ2n) is 4.50. The number of nitrogens with one attached hydrogen (secondary N) is 1. The highest BCUT2D eigenvalue weighted by atomic mass is 79.9. The van der Waals surface area contributed by atoms with Crippen LogP contribution in [0.15, 0.2) is 53.7 Å². The molecule has 0 saturated heterocycles. The summed E-state index contributed by atoms with van der Waals surface area (Å²) in [5.41, 5.74) is 3.34. The number of halogens is 1. The number of nitrogens with zero attached hydrogens (tertiary/aromatic N) is 5. The lowest BCUT2D eigenvalue weighted by Gasteiger charge is -2.00. The van der Waals surface area contributed by atoms with E-state index in [0.717, 1.165) is 27.1 Å². The zero-order valence-corrected chi connectivity index (χ0v) is 12.3. The number of imidazole rings is 1. The van der Waals surface area contributed by atoms with E-state index in [9.17, 15) is 0 Å². The minimum absolute atomic E-state index is 0.649. The van der Waals surface area contributed by atoms with Crippen LogP contribution in [-0.2, 0) is 0 Å². The molecule has 3 aromatic heterocycles. The van der Waals surface area contributed by atoms with E-state index in [2.05, 4.69) is 41.0 Å². The van der Waals surface area contributed by atoms with E-state index in [0.29, 0.717) is 5.65 Å². The quantitative estimate of drug-likeness (QED) is 0.608. The number of aromatic nitrogens is 6. The predicted octanol–water partition coefficient (Wildman–Crippen LogP) is 2.97. The normalized spacial score (nSPS) is 11.1. The summed E-state index contributed by atoms with van der Waals surface area (Å²) in [4.78, 5) is 15.7. The molecule has 1 aromatic carbocycles. The summed E-state index contributed by atoms with van der Waals surface area (Å²) in [6.45, 7) is 0. The maximum Gasteiger partial charge on any atom is 0.181 e. The first kappa shape index (κ1) is 12.2. The van der Waals surface area contributed by atoms with E-state index in [4.69, 9.17) is 0 Å². The van der Waals surface area contributed by atoms with E-state index in [1.807, 2.05) is 30.5 Å². The van der Waals surface area contributed by atoms with Crippen molar-refractivity contribution >= 4 is 27.1 Å². The van der Waals surface area contributed by atoms with E-state index in [1.165, 1.54) is 6.33 Å². The molecular weight excluding hydrogens is 332 g/mol. The highest BCUT2D eigenvalue weighted by Gasteiger charge is 2.09. The molecule has 3 heterocycles. The van der Waals surface area contributed by atoms with Gasteiger partial charge in [0, 0.05) is 10.7 Å². The van der Waals surface area contributed by atoms with Gasteiger partial charge in [-0.2, -0.15) is 5.10 Å². The number of rotatable bonds is 2. The van der Waals surface area contributed by atoms with Gasteiger partial charge in [-0.1, -0.05) is 15.9 Å². The average Bonchev–Trinajstić information content (AvgIpc) is 3.14. The molecule has 0 aliphatic heterocycles. The van der Waals surface area contributed by atoms with Crippen LogP contribution >= 0.6 is 15.9 Å². The van der Waals surface area contributed by atoms with Crippen LogP contribution in [0.5, 0.6) is 0 Å². The van der Waals surface area contributed by atoms with Crippen LogP contribution in [0.2, 0.25) is 0 Å². The Morgan fingerprint density at radius 1 is 1.10 bits per heavy atom. The Morgan fingerprint density at radius 3 is 2.76 bits per heavy atom. The van der Waals surface area contributed by atoms with Crippen LogP contribution in [0, 0.1) is 0 Å². The van der Waals surface area contributed by atoms with E-state index in [-0.39, 0.29) is 0 Å². The van der Waals surface area contributed by atoms with Crippen molar-refractivity contribution in [1.82, 2.24) is 29.7 Å². The maximum absolute atomic E-state index is 4.44. The Bertz CT molecular complexity index is 876. The lowest BCUT2D eigenvalue weighted by atomic mass is 10.3. The fraction of sp³-hybridized carbons (Fsp3) is 0. The number of fused-ring (bicyclic) bond motifs is 1. The van der Waals surface area contributed by atoms with E-state index >= 15 is 0 Å². The van der Waals surface area contributed by atoms with Crippen LogP contribution < -0.4 is 0 Å². The van der Waals surface area contributed by atoms with Crippen molar-refractivity contribution < 1.29 is 0 Å². The van der Waals surface area contributed by atoms with Gasteiger partial charge in [-0.3, -0.25) is 0 Å². The van der Waals surface area contributed by atoms with Gasteiger partial charge in [0.15, 0.2) is 5.65 Å². The molecule has 21 heavy (non-hydrogen) atoms. The SMILES string of the molecule is Brc1ccc(-n2cc(-c3nc4ncncc4[nH]3)cn2)cc1. The maximum atomic E-state index is 4.44. The van der Waals surface area contributed by atoms with Crippen LogP contribution in [0.1, 0.15) is 0 Å². The van der Waals surface area contributed by atoms with Crippen LogP contribution in [0.4, 0.5) is 0 Å². The predicted molar refractivity (Wildman–Crippen MR) is 81.9 cm³/mol. The van der Waals surface area contributed by atoms with Gasteiger partial charge in [0.2, 0.25) is 0 Å². The molecule has 0 aliphatic carbocycles. The van der Waals surface area contributed by atoms with Gasteiger partial charge in [-0.15, -0.1) is 0 Å². The molecule has 4 aromatic rings. The second kappa shape index (κ2) is 4.78. The molecule has 0 radical (unpaired) electrons. The van der Waals surface area contributed by atoms with Gasteiger partial charge in [0.25, 0.3) is 0 Å². The Labute approximate surface area is 128 Å². The zero-order chi connectivity index (χ0) is 14.2. The first-order chi connectivity index (χ1) is 10.3. The molecule has 0 atom stereocenters. The van der Waals surface area contributed by atoms with Crippen molar-refractivity contribution in [3.63, 3.8) is 0 Å². The van der Waals surface area contributed by atoms with Crippen LogP contribution in [0.25, 0.3) is 28.2 Å². The number of benzene rings is 1. The molecule has 0 aliphatic rings. The Kier molecular flexibility index (Phi) is 2.78. The first-order valence-electron chi connectivity index (χ1n) is 6.26. The highest BCUT2D eigenvalue weighted by Crippen LogP contribution is 2.20. The third-order valence-corrected chi connectivity index (χ3v) is 3.64. The Balaban J connectivity index is 1.75. The molecule has 0 spiro atoms. The van der Waals surface area contributed by atoms with Gasteiger partial charge in [-0.05, 0) is 24.3 Å². The lowest BCUT2D eigenvalue weighted by Crippen LogP contribution is -1.92. The Morgan fingerprint density at radius 2 is 1.95 bits per heavy atom. The third kappa shape index (κ3) is 2.21. The summed E-state index contributed by atoms with van der Waals surface area (Å²) >= 11 is 3.42. The molecular formula is C14H9BrN6. The molecule has 0 bridgehead atoms. The molecule has 1 N–H and O–H groups in total. The molecule has 6 nitrogen and oxygen atoms in total. The molecule has 4 rings (SSSR count). The first-order valence-corrected chi connectivity index (χ1v) is 7.05. The van der Waals surface area contributed by atoms with Crippen molar-refractivity contribution in [2.75, 3.05) is 0 Å². The molecule has 102 valence electrons. The van der Waals surface area contributed by atoms with E-state index < -0.39 is 0 Å². The summed E-state index contributed by atoms with van der Waals surface area (Å²) in [5, 5.41) is 4.37. The molecule has 0 fully saturated rings. The summed E-state index contributed by atoms with van der Waals surface area (Å²) in [6, 6.07) is 7.94. The van der Waals surface area contributed by atoms with Crippen LogP contribution in [-0.4, -0.2) is 29.7 Å². The van der Waals surface area contributed by atoms with Gasteiger partial charge >= 0.3 is 0 Å². The summed E-state index contributed by atoms with van der Waals surface area (Å²) < 4.78 is 2.84. The van der Waals surface area contributed by atoms with Crippen molar-refractivity contribution in [3.05, 3.63) is 53.7 Å². The minimum Gasteiger partial charge on any atom is -0.335 e. The fourth-order valence-corrected chi connectivity index (χ4v) is 2.34. The minimum atomic E-state index is 0.649. The number of H-pyrrole nitrogens is 1.